The van der Waals surface area contributed by atoms with E-state index in [1.807, 2.05) is 6.07 Å². The summed E-state index contributed by atoms with van der Waals surface area (Å²) in [5, 5.41) is 0.549. The molecule has 1 atom stereocenters. The number of nitrogens with zero attached hydrogens (tertiary/aromatic N) is 1. The summed E-state index contributed by atoms with van der Waals surface area (Å²) in [5.74, 6) is 1.56. The molecule has 2 heterocycles. The third-order valence-corrected chi connectivity index (χ3v) is 3.80. The van der Waals surface area contributed by atoms with Gasteiger partial charge in [-0.25, -0.2) is 4.98 Å². The van der Waals surface area contributed by atoms with Crippen molar-refractivity contribution in [2.75, 3.05) is 0 Å². The summed E-state index contributed by atoms with van der Waals surface area (Å²) in [5.41, 5.74) is 2.47. The zero-order valence-electron chi connectivity index (χ0n) is 9.50. The van der Waals surface area contributed by atoms with Gasteiger partial charge in [0.1, 0.15) is 11.3 Å². The van der Waals surface area contributed by atoms with Crippen molar-refractivity contribution in [3.8, 4) is 5.88 Å². The van der Waals surface area contributed by atoms with Gasteiger partial charge in [-0.15, -0.1) is 0 Å². The van der Waals surface area contributed by atoms with Crippen LogP contribution in [0.4, 0.5) is 0 Å². The zero-order chi connectivity index (χ0) is 11.1. The van der Waals surface area contributed by atoms with Gasteiger partial charge in [0.15, 0.2) is 0 Å². The van der Waals surface area contributed by atoms with Gasteiger partial charge in [0.05, 0.1) is 0 Å². The van der Waals surface area contributed by atoms with Gasteiger partial charge in [-0.2, -0.15) is 0 Å². The lowest BCUT2D eigenvalue weighted by molar-refractivity contribution is 0.165. The Bertz CT molecular complexity index is 415. The molecule has 16 heavy (non-hydrogen) atoms. The van der Waals surface area contributed by atoms with Crippen LogP contribution in [0, 0.1) is 12.8 Å². The number of pyridine rings is 1. The molecule has 1 unspecified atom stereocenters. The standard InChI is InChI=1S/C13H16ClNO/c1-8-7-12(14)15-13-10(8)3-2-4-11(16-13)9-5-6-9/h7,9,11H,2-6H2,1H3. The predicted molar refractivity (Wildman–Crippen MR) is 64.1 cm³/mol. The first-order valence-corrected chi connectivity index (χ1v) is 6.44. The van der Waals surface area contributed by atoms with Crippen molar-refractivity contribution in [1.29, 1.82) is 0 Å². The molecule has 0 N–H and O–H groups in total. The molecule has 1 saturated carbocycles. The number of fused-ring (bicyclic) bond motifs is 1. The van der Waals surface area contributed by atoms with E-state index in [1.54, 1.807) is 0 Å². The van der Waals surface area contributed by atoms with Crippen LogP contribution in [0.15, 0.2) is 6.07 Å². The van der Waals surface area contributed by atoms with Crippen LogP contribution in [-0.2, 0) is 6.42 Å². The Labute approximate surface area is 101 Å². The minimum atomic E-state index is 0.381. The highest BCUT2D eigenvalue weighted by atomic mass is 35.5. The molecule has 0 aromatic carbocycles. The quantitative estimate of drug-likeness (QED) is 0.697. The molecule has 0 radical (unpaired) electrons. The van der Waals surface area contributed by atoms with Crippen LogP contribution in [-0.4, -0.2) is 11.1 Å². The molecule has 86 valence electrons. The van der Waals surface area contributed by atoms with Gasteiger partial charge in [0.2, 0.25) is 5.88 Å². The van der Waals surface area contributed by atoms with E-state index in [-0.39, 0.29) is 0 Å². The summed E-state index contributed by atoms with van der Waals surface area (Å²) in [7, 11) is 0. The zero-order valence-corrected chi connectivity index (χ0v) is 10.3. The monoisotopic (exact) mass is 237 g/mol. The minimum Gasteiger partial charge on any atom is -0.474 e. The molecule has 0 amide bonds. The minimum absolute atomic E-state index is 0.381. The lowest BCUT2D eigenvalue weighted by Gasteiger charge is -2.16. The second-order valence-electron chi connectivity index (χ2n) is 4.93. The first kappa shape index (κ1) is 10.4. The van der Waals surface area contributed by atoms with Crippen molar-refractivity contribution < 1.29 is 4.74 Å². The van der Waals surface area contributed by atoms with Crippen molar-refractivity contribution in [2.45, 2.75) is 45.1 Å². The molecule has 3 heteroatoms. The first-order valence-electron chi connectivity index (χ1n) is 6.07. The fourth-order valence-electron chi connectivity index (χ4n) is 2.52. The summed E-state index contributed by atoms with van der Waals surface area (Å²) >= 11 is 5.99. The third-order valence-electron chi connectivity index (χ3n) is 3.60. The van der Waals surface area contributed by atoms with Crippen LogP contribution in [0.25, 0.3) is 0 Å². The number of hydrogen-bond donors (Lipinski definition) is 0. The van der Waals surface area contributed by atoms with Gasteiger partial charge in [0, 0.05) is 5.56 Å². The van der Waals surface area contributed by atoms with Crippen LogP contribution in [0.5, 0.6) is 5.88 Å². The molecule has 1 aliphatic carbocycles. The molecule has 1 fully saturated rings. The van der Waals surface area contributed by atoms with Gasteiger partial charge >= 0.3 is 0 Å². The number of hydrogen-bond acceptors (Lipinski definition) is 2. The SMILES string of the molecule is Cc1cc(Cl)nc2c1CCCC(C1CC1)O2. The molecule has 1 aromatic heterocycles. The van der Waals surface area contributed by atoms with Crippen molar-refractivity contribution in [2.24, 2.45) is 5.92 Å². The Morgan fingerprint density at radius 2 is 2.19 bits per heavy atom. The van der Waals surface area contributed by atoms with Crippen LogP contribution in [0.1, 0.15) is 36.8 Å². The average molecular weight is 238 g/mol. The molecule has 1 aromatic rings. The highest BCUT2D eigenvalue weighted by Crippen LogP contribution is 2.39. The molecule has 0 spiro atoms. The lowest BCUT2D eigenvalue weighted by atomic mass is 10.0. The summed E-state index contributed by atoms with van der Waals surface area (Å²) in [6.45, 7) is 2.09. The molecule has 2 aliphatic rings. The predicted octanol–water partition coefficient (Wildman–Crippen LogP) is 3.54. The molecular weight excluding hydrogens is 222 g/mol. The second-order valence-corrected chi connectivity index (χ2v) is 5.32. The molecule has 0 saturated heterocycles. The fraction of sp³-hybridized carbons (Fsp3) is 0.615. The molecule has 0 bridgehead atoms. The Balaban J connectivity index is 1.95. The van der Waals surface area contributed by atoms with Crippen molar-refractivity contribution in [1.82, 2.24) is 4.98 Å². The molecular formula is C13H16ClNO. The van der Waals surface area contributed by atoms with Gasteiger partial charge in [0.25, 0.3) is 0 Å². The van der Waals surface area contributed by atoms with E-state index in [4.69, 9.17) is 16.3 Å². The fourth-order valence-corrected chi connectivity index (χ4v) is 2.76. The Morgan fingerprint density at radius 1 is 1.38 bits per heavy atom. The number of ether oxygens (including phenoxy) is 1. The van der Waals surface area contributed by atoms with Crippen LogP contribution in [0.2, 0.25) is 5.15 Å². The number of rotatable bonds is 1. The highest BCUT2D eigenvalue weighted by molar-refractivity contribution is 6.29. The maximum absolute atomic E-state index is 6.05. The summed E-state index contributed by atoms with van der Waals surface area (Å²) in [6.07, 6.45) is 6.47. The second kappa shape index (κ2) is 3.92. The van der Waals surface area contributed by atoms with E-state index in [9.17, 15) is 0 Å². The average Bonchev–Trinajstić information content (AvgIpc) is 3.01. The van der Waals surface area contributed by atoms with Crippen molar-refractivity contribution >= 4 is 11.6 Å². The molecule has 2 nitrogen and oxygen atoms in total. The van der Waals surface area contributed by atoms with Crippen LogP contribution in [0.3, 0.4) is 0 Å². The van der Waals surface area contributed by atoms with Gasteiger partial charge in [-0.1, -0.05) is 11.6 Å². The third kappa shape index (κ3) is 1.91. The van der Waals surface area contributed by atoms with Crippen molar-refractivity contribution in [3.05, 3.63) is 22.3 Å². The molecule has 1 aliphatic heterocycles. The van der Waals surface area contributed by atoms with Gasteiger partial charge < -0.3 is 4.74 Å². The van der Waals surface area contributed by atoms with E-state index in [0.717, 1.165) is 24.6 Å². The highest BCUT2D eigenvalue weighted by Gasteiger charge is 2.34. The van der Waals surface area contributed by atoms with Crippen molar-refractivity contribution in [3.63, 3.8) is 0 Å². The number of aromatic nitrogens is 1. The summed E-state index contributed by atoms with van der Waals surface area (Å²) < 4.78 is 6.05. The van der Waals surface area contributed by atoms with Crippen LogP contribution >= 0.6 is 11.6 Å². The van der Waals surface area contributed by atoms with E-state index in [2.05, 4.69) is 11.9 Å². The smallest absolute Gasteiger partial charge is 0.218 e. The molecule has 3 rings (SSSR count). The Morgan fingerprint density at radius 3 is 2.94 bits per heavy atom. The maximum atomic E-state index is 6.05. The van der Waals surface area contributed by atoms with Crippen LogP contribution < -0.4 is 4.74 Å². The van der Waals surface area contributed by atoms with E-state index in [0.29, 0.717) is 11.3 Å². The summed E-state index contributed by atoms with van der Waals surface area (Å²) in [4.78, 5) is 4.34. The lowest BCUT2D eigenvalue weighted by Crippen LogP contribution is -2.18. The van der Waals surface area contributed by atoms with E-state index in [1.165, 1.54) is 30.4 Å². The number of halogens is 1. The largest absolute Gasteiger partial charge is 0.474 e. The normalized spacial score (nSPS) is 24.5. The van der Waals surface area contributed by atoms with Gasteiger partial charge in [-0.3, -0.25) is 0 Å². The van der Waals surface area contributed by atoms with Gasteiger partial charge in [-0.05, 0) is 56.6 Å². The summed E-state index contributed by atoms with van der Waals surface area (Å²) in [6, 6.07) is 1.93. The first-order chi connectivity index (χ1) is 7.74. The van der Waals surface area contributed by atoms with E-state index < -0.39 is 0 Å². The van der Waals surface area contributed by atoms with E-state index >= 15 is 0 Å². The Hall–Kier alpha value is -0.760. The maximum Gasteiger partial charge on any atom is 0.218 e. The Kier molecular flexibility index (Phi) is 2.55. The number of aryl methyl sites for hydroxylation is 1. The topological polar surface area (TPSA) is 22.1 Å².